The van der Waals surface area contributed by atoms with Gasteiger partial charge in [-0.05, 0) is 36.4 Å². The molecule has 0 radical (unpaired) electrons. The molecule has 0 bridgehead atoms. The van der Waals surface area contributed by atoms with Gasteiger partial charge in [0.1, 0.15) is 0 Å². The zero-order valence-electron chi connectivity index (χ0n) is 17.6. The van der Waals surface area contributed by atoms with Crippen LogP contribution >= 0.6 is 23.4 Å². The second-order valence-electron chi connectivity index (χ2n) is 7.59. The second-order valence-corrected chi connectivity index (χ2v) is 8.95. The van der Waals surface area contributed by atoms with E-state index in [0.29, 0.717) is 27.6 Å². The van der Waals surface area contributed by atoms with Crippen molar-refractivity contribution >= 4 is 62.5 Å². The average molecular weight is 487 g/mol. The summed E-state index contributed by atoms with van der Waals surface area (Å²) in [5.41, 5.74) is 3.73. The number of thioether (sulfide) groups is 1. The largest absolute Gasteiger partial charge is 0.411 e. The fraction of sp³-hybridized carbons (Fsp3) is 0.0833. The Kier molecular flexibility index (Phi) is 5.20. The van der Waals surface area contributed by atoms with E-state index < -0.39 is 0 Å². The number of pyridine rings is 2. The number of halogens is 1. The van der Waals surface area contributed by atoms with Crippen LogP contribution in [0.25, 0.3) is 33.3 Å². The summed E-state index contributed by atoms with van der Waals surface area (Å²) in [5, 5.41) is 16.9. The summed E-state index contributed by atoms with van der Waals surface area (Å²) in [4.78, 5) is 21.8. The Morgan fingerprint density at radius 2 is 1.82 bits per heavy atom. The molecule has 1 amide bonds. The standard InChI is InChI=1S/C24H15ClN6O2S/c25-15-5-6-20-18(11-15)22(17-3-1-2-4-19(17)27-20)31-21(32)12-16(30-31)13-34-24-29-28-23(33-24)14-7-9-26-10-8-14/h1-11H,12-13H2. The van der Waals surface area contributed by atoms with Gasteiger partial charge in [-0.2, -0.15) is 10.1 Å². The summed E-state index contributed by atoms with van der Waals surface area (Å²) in [5.74, 6) is 0.751. The molecule has 8 nitrogen and oxygen atoms in total. The third-order valence-electron chi connectivity index (χ3n) is 5.35. The van der Waals surface area contributed by atoms with E-state index in [-0.39, 0.29) is 12.3 Å². The van der Waals surface area contributed by atoms with Crippen molar-refractivity contribution in [3.63, 3.8) is 0 Å². The molecule has 3 aromatic heterocycles. The lowest BCUT2D eigenvalue weighted by Gasteiger charge is -2.17. The van der Waals surface area contributed by atoms with Gasteiger partial charge in [0.15, 0.2) is 0 Å². The number of hydrogen-bond acceptors (Lipinski definition) is 8. The summed E-state index contributed by atoms with van der Waals surface area (Å²) < 4.78 is 5.73. The number of nitrogens with zero attached hydrogens (tertiary/aromatic N) is 6. The van der Waals surface area contributed by atoms with Crippen molar-refractivity contribution in [3.05, 3.63) is 72.0 Å². The zero-order valence-corrected chi connectivity index (χ0v) is 19.1. The van der Waals surface area contributed by atoms with Gasteiger partial charge in [-0.1, -0.05) is 41.6 Å². The third-order valence-corrected chi connectivity index (χ3v) is 6.48. The first kappa shape index (κ1) is 20.8. The number of anilines is 1. The summed E-state index contributed by atoms with van der Waals surface area (Å²) >= 11 is 7.62. The molecule has 0 fully saturated rings. The Bertz CT molecular complexity index is 1590. The lowest BCUT2D eigenvalue weighted by molar-refractivity contribution is -0.116. The van der Waals surface area contributed by atoms with E-state index in [4.69, 9.17) is 21.0 Å². The molecule has 166 valence electrons. The fourth-order valence-corrected chi connectivity index (χ4v) is 4.69. The summed E-state index contributed by atoms with van der Waals surface area (Å²) in [7, 11) is 0. The highest BCUT2D eigenvalue weighted by Gasteiger charge is 2.29. The number of hydrogen-bond donors (Lipinski definition) is 0. The average Bonchev–Trinajstić information content (AvgIpc) is 3.48. The van der Waals surface area contributed by atoms with Crippen LogP contribution in [0.2, 0.25) is 5.02 Å². The van der Waals surface area contributed by atoms with E-state index in [1.54, 1.807) is 30.6 Å². The minimum absolute atomic E-state index is 0.115. The third kappa shape index (κ3) is 3.78. The molecule has 6 rings (SSSR count). The van der Waals surface area contributed by atoms with E-state index in [9.17, 15) is 4.79 Å². The molecule has 0 saturated carbocycles. The molecule has 0 N–H and O–H groups in total. The summed E-state index contributed by atoms with van der Waals surface area (Å²) in [6.07, 6.45) is 3.54. The van der Waals surface area contributed by atoms with Gasteiger partial charge >= 0.3 is 0 Å². The Morgan fingerprint density at radius 1 is 1.00 bits per heavy atom. The van der Waals surface area contributed by atoms with E-state index in [0.717, 1.165) is 33.1 Å². The quantitative estimate of drug-likeness (QED) is 0.243. The molecule has 0 spiro atoms. The minimum atomic E-state index is -0.115. The van der Waals surface area contributed by atoms with Crippen molar-refractivity contribution in [1.82, 2.24) is 20.2 Å². The first-order chi connectivity index (χ1) is 16.7. The number of amides is 1. The van der Waals surface area contributed by atoms with Crippen LogP contribution in [0.3, 0.4) is 0 Å². The highest BCUT2D eigenvalue weighted by molar-refractivity contribution is 7.99. The van der Waals surface area contributed by atoms with E-state index in [2.05, 4.69) is 20.3 Å². The minimum Gasteiger partial charge on any atom is -0.411 e. The number of rotatable bonds is 5. The molecule has 1 aliphatic rings. The van der Waals surface area contributed by atoms with Crippen LogP contribution in [0.15, 0.2) is 81.7 Å². The molecular weight excluding hydrogens is 472 g/mol. The molecule has 34 heavy (non-hydrogen) atoms. The van der Waals surface area contributed by atoms with Crippen LogP contribution in [0, 0.1) is 0 Å². The van der Waals surface area contributed by atoms with Gasteiger partial charge in [0.2, 0.25) is 5.89 Å². The van der Waals surface area contributed by atoms with Crippen molar-refractivity contribution in [1.29, 1.82) is 0 Å². The highest BCUT2D eigenvalue weighted by atomic mass is 35.5. The van der Waals surface area contributed by atoms with Crippen LogP contribution in [-0.2, 0) is 4.79 Å². The maximum Gasteiger partial charge on any atom is 0.277 e. The second kappa shape index (κ2) is 8.51. The monoisotopic (exact) mass is 486 g/mol. The molecular formula is C24H15ClN6O2S. The molecule has 4 heterocycles. The Labute approximate surface area is 202 Å². The van der Waals surface area contributed by atoms with Crippen LogP contribution in [0.4, 0.5) is 5.69 Å². The molecule has 0 unspecified atom stereocenters. The van der Waals surface area contributed by atoms with Crippen molar-refractivity contribution in [2.75, 3.05) is 10.8 Å². The first-order valence-electron chi connectivity index (χ1n) is 10.4. The lowest BCUT2D eigenvalue weighted by Crippen LogP contribution is -2.20. The predicted molar refractivity (Wildman–Crippen MR) is 132 cm³/mol. The normalized spacial score (nSPS) is 13.7. The molecule has 0 saturated heterocycles. The van der Waals surface area contributed by atoms with Gasteiger partial charge in [-0.15, -0.1) is 10.2 Å². The Balaban J connectivity index is 1.31. The smallest absolute Gasteiger partial charge is 0.277 e. The van der Waals surface area contributed by atoms with Crippen molar-refractivity contribution in [2.45, 2.75) is 11.6 Å². The van der Waals surface area contributed by atoms with Crippen molar-refractivity contribution in [3.8, 4) is 11.5 Å². The van der Waals surface area contributed by atoms with Gasteiger partial charge < -0.3 is 4.42 Å². The molecule has 1 aliphatic heterocycles. The van der Waals surface area contributed by atoms with Gasteiger partial charge in [0.25, 0.3) is 11.1 Å². The van der Waals surface area contributed by atoms with Crippen molar-refractivity contribution in [2.24, 2.45) is 5.10 Å². The lowest BCUT2D eigenvalue weighted by atomic mass is 10.1. The Hall–Kier alpha value is -3.82. The number of benzene rings is 2. The topological polar surface area (TPSA) is 97.4 Å². The Morgan fingerprint density at radius 3 is 2.71 bits per heavy atom. The number of carbonyl (C=O) groups excluding carboxylic acids is 1. The molecule has 0 atom stereocenters. The number of hydrazone groups is 1. The number of para-hydroxylation sites is 1. The van der Waals surface area contributed by atoms with Gasteiger partial charge in [-0.3, -0.25) is 9.78 Å². The summed E-state index contributed by atoms with van der Waals surface area (Å²) in [6, 6.07) is 16.8. The predicted octanol–water partition coefficient (Wildman–Crippen LogP) is 5.37. The molecule has 5 aromatic rings. The summed E-state index contributed by atoms with van der Waals surface area (Å²) in [6.45, 7) is 0. The molecule has 10 heteroatoms. The number of fused-ring (bicyclic) bond motifs is 2. The van der Waals surface area contributed by atoms with Crippen LogP contribution < -0.4 is 5.01 Å². The maximum absolute atomic E-state index is 13.0. The van der Waals surface area contributed by atoms with Gasteiger partial charge in [0.05, 0.1) is 28.9 Å². The number of carbonyl (C=O) groups is 1. The van der Waals surface area contributed by atoms with E-state index in [1.807, 2.05) is 36.4 Å². The van der Waals surface area contributed by atoms with Gasteiger partial charge in [-0.25, -0.2) is 4.98 Å². The fourth-order valence-electron chi connectivity index (χ4n) is 3.83. The SMILES string of the molecule is O=C1CC(CSc2nnc(-c3ccncc3)o2)=NN1c1c2ccccc2nc2ccc(Cl)cc12. The van der Waals surface area contributed by atoms with Gasteiger partial charge in [0, 0.05) is 39.5 Å². The van der Waals surface area contributed by atoms with E-state index >= 15 is 0 Å². The van der Waals surface area contributed by atoms with Crippen LogP contribution in [0.1, 0.15) is 6.42 Å². The maximum atomic E-state index is 13.0. The molecule has 2 aromatic carbocycles. The highest BCUT2D eigenvalue weighted by Crippen LogP contribution is 2.37. The first-order valence-corrected chi connectivity index (χ1v) is 11.8. The van der Waals surface area contributed by atoms with Crippen LogP contribution in [0.5, 0.6) is 0 Å². The van der Waals surface area contributed by atoms with Crippen molar-refractivity contribution < 1.29 is 9.21 Å². The van der Waals surface area contributed by atoms with E-state index in [1.165, 1.54) is 16.8 Å². The zero-order chi connectivity index (χ0) is 23.1. The number of aromatic nitrogens is 4. The van der Waals surface area contributed by atoms with Crippen LogP contribution in [-0.4, -0.2) is 37.5 Å². The molecule has 0 aliphatic carbocycles.